The van der Waals surface area contributed by atoms with Gasteiger partial charge in [-0.05, 0) is 73.4 Å². The second kappa shape index (κ2) is 15.0. The highest BCUT2D eigenvalue weighted by molar-refractivity contribution is 5.91. The lowest BCUT2D eigenvalue weighted by Crippen LogP contribution is -2.08. The van der Waals surface area contributed by atoms with E-state index in [-0.39, 0.29) is 5.97 Å². The van der Waals surface area contributed by atoms with Gasteiger partial charge in [0.05, 0.1) is 24.1 Å². The van der Waals surface area contributed by atoms with Crippen LogP contribution in [0.3, 0.4) is 0 Å². The van der Waals surface area contributed by atoms with Gasteiger partial charge in [0.1, 0.15) is 11.5 Å². The molecule has 4 heteroatoms. The Hall–Kier alpha value is -3.14. The summed E-state index contributed by atoms with van der Waals surface area (Å²) in [5.74, 6) is 0.969. The molecular formula is C31H39NO3. The number of aryl methyl sites for hydroxylation is 1. The summed E-state index contributed by atoms with van der Waals surface area (Å²) in [5, 5.41) is 0. The zero-order valence-corrected chi connectivity index (χ0v) is 21.3. The molecule has 3 rings (SSSR count). The van der Waals surface area contributed by atoms with Gasteiger partial charge in [-0.15, -0.1) is 0 Å². The summed E-state index contributed by atoms with van der Waals surface area (Å²) in [4.78, 5) is 17.1. The molecule has 0 radical (unpaired) electrons. The molecule has 0 aliphatic carbocycles. The third kappa shape index (κ3) is 9.20. The Bertz CT molecular complexity index is 995. The molecule has 0 aliphatic heterocycles. The molecule has 186 valence electrons. The molecule has 1 aromatic heterocycles. The maximum absolute atomic E-state index is 12.5. The molecule has 3 aromatic rings. The van der Waals surface area contributed by atoms with E-state index in [0.29, 0.717) is 11.3 Å². The van der Waals surface area contributed by atoms with Crippen molar-refractivity contribution in [3.05, 3.63) is 78.0 Å². The molecular weight excluding hydrogens is 434 g/mol. The van der Waals surface area contributed by atoms with Crippen molar-refractivity contribution in [3.8, 4) is 22.8 Å². The fraction of sp³-hybridized carbons (Fsp3) is 0.419. The van der Waals surface area contributed by atoms with E-state index in [1.54, 1.807) is 18.3 Å². The maximum atomic E-state index is 12.5. The third-order valence-electron chi connectivity index (χ3n) is 6.12. The first-order valence-electron chi connectivity index (χ1n) is 13.2. The topological polar surface area (TPSA) is 48.4 Å². The van der Waals surface area contributed by atoms with Gasteiger partial charge in [-0.3, -0.25) is 4.98 Å². The molecule has 0 unspecified atom stereocenters. The van der Waals surface area contributed by atoms with E-state index in [0.717, 1.165) is 36.5 Å². The van der Waals surface area contributed by atoms with Gasteiger partial charge < -0.3 is 9.47 Å². The molecule has 4 nitrogen and oxygen atoms in total. The second-order valence-corrected chi connectivity index (χ2v) is 9.06. The van der Waals surface area contributed by atoms with E-state index < -0.39 is 0 Å². The van der Waals surface area contributed by atoms with Gasteiger partial charge in [0, 0.05) is 5.56 Å². The van der Waals surface area contributed by atoms with Crippen molar-refractivity contribution in [2.24, 2.45) is 0 Å². The number of carbonyl (C=O) groups is 1. The lowest BCUT2D eigenvalue weighted by Gasteiger charge is -2.08. The van der Waals surface area contributed by atoms with Crippen LogP contribution in [-0.4, -0.2) is 17.6 Å². The van der Waals surface area contributed by atoms with Crippen molar-refractivity contribution in [2.45, 2.75) is 78.1 Å². The van der Waals surface area contributed by atoms with Crippen LogP contribution in [0.2, 0.25) is 0 Å². The Morgan fingerprint density at radius 1 is 0.714 bits per heavy atom. The summed E-state index contributed by atoms with van der Waals surface area (Å²) in [5.41, 5.74) is 3.64. The molecule has 1 heterocycles. The van der Waals surface area contributed by atoms with Crippen LogP contribution >= 0.6 is 0 Å². The van der Waals surface area contributed by atoms with Crippen LogP contribution in [0.4, 0.5) is 0 Å². The normalized spacial score (nSPS) is 10.8. The summed E-state index contributed by atoms with van der Waals surface area (Å²) in [7, 11) is 0. The van der Waals surface area contributed by atoms with E-state index in [1.165, 1.54) is 56.9 Å². The molecule has 2 aromatic carbocycles. The first-order valence-corrected chi connectivity index (χ1v) is 13.2. The van der Waals surface area contributed by atoms with Gasteiger partial charge in [0.25, 0.3) is 0 Å². The maximum Gasteiger partial charge on any atom is 0.343 e. The number of esters is 1. The number of unbranched alkanes of at least 4 members (excludes halogenated alkanes) is 7. The Balaban J connectivity index is 1.46. The molecule has 0 fully saturated rings. The molecule has 0 spiro atoms. The van der Waals surface area contributed by atoms with E-state index >= 15 is 0 Å². The van der Waals surface area contributed by atoms with Crippen molar-refractivity contribution in [2.75, 3.05) is 6.61 Å². The van der Waals surface area contributed by atoms with E-state index in [4.69, 9.17) is 9.47 Å². The number of nitrogens with zero attached hydrogens (tertiary/aromatic N) is 1. The Morgan fingerprint density at radius 2 is 1.37 bits per heavy atom. The average molecular weight is 474 g/mol. The van der Waals surface area contributed by atoms with Crippen LogP contribution in [0.1, 0.15) is 87.6 Å². The van der Waals surface area contributed by atoms with Crippen molar-refractivity contribution in [1.82, 2.24) is 4.98 Å². The van der Waals surface area contributed by atoms with E-state index in [1.807, 2.05) is 48.5 Å². The number of hydrogen-bond acceptors (Lipinski definition) is 4. The average Bonchev–Trinajstić information content (AvgIpc) is 2.90. The van der Waals surface area contributed by atoms with Gasteiger partial charge >= 0.3 is 5.97 Å². The number of aromatic nitrogens is 1. The van der Waals surface area contributed by atoms with Gasteiger partial charge in [-0.1, -0.05) is 70.9 Å². The molecule has 0 saturated carbocycles. The highest BCUT2D eigenvalue weighted by Gasteiger charge is 2.09. The highest BCUT2D eigenvalue weighted by Crippen LogP contribution is 2.23. The molecule has 0 aliphatic rings. The van der Waals surface area contributed by atoms with Crippen molar-refractivity contribution < 1.29 is 14.3 Å². The molecule has 0 amide bonds. The predicted octanol–water partition coefficient (Wildman–Crippen LogP) is 8.44. The number of pyridine rings is 1. The lowest BCUT2D eigenvalue weighted by molar-refractivity contribution is 0.0734. The minimum atomic E-state index is -0.343. The summed E-state index contributed by atoms with van der Waals surface area (Å²) < 4.78 is 11.4. The zero-order chi connectivity index (χ0) is 24.7. The fourth-order valence-electron chi connectivity index (χ4n) is 3.96. The van der Waals surface area contributed by atoms with Crippen LogP contribution in [0.25, 0.3) is 11.3 Å². The standard InChI is InChI=1S/C31H39NO3/c1-3-5-7-9-11-23-34-29-21-22-30(32-24-29)26-17-19-28(20-18-26)35-31(33)27-15-13-25(14-16-27)12-10-8-6-4-2/h13-22,24H,3-12,23H2,1-2H3. The van der Waals surface area contributed by atoms with Crippen molar-refractivity contribution in [3.63, 3.8) is 0 Å². The second-order valence-electron chi connectivity index (χ2n) is 9.06. The van der Waals surface area contributed by atoms with Gasteiger partial charge in [-0.25, -0.2) is 4.79 Å². The monoisotopic (exact) mass is 473 g/mol. The van der Waals surface area contributed by atoms with Crippen LogP contribution in [0.5, 0.6) is 11.5 Å². The highest BCUT2D eigenvalue weighted by atomic mass is 16.5. The Labute approximate surface area is 210 Å². The van der Waals surface area contributed by atoms with Crippen LogP contribution in [-0.2, 0) is 6.42 Å². The first-order chi connectivity index (χ1) is 17.2. The van der Waals surface area contributed by atoms with E-state index in [2.05, 4.69) is 18.8 Å². The summed E-state index contributed by atoms with van der Waals surface area (Å²) >= 11 is 0. The minimum Gasteiger partial charge on any atom is -0.492 e. The van der Waals surface area contributed by atoms with Crippen molar-refractivity contribution >= 4 is 5.97 Å². The summed E-state index contributed by atoms with van der Waals surface area (Å²) in [6, 6.07) is 19.1. The zero-order valence-electron chi connectivity index (χ0n) is 21.3. The first kappa shape index (κ1) is 26.5. The molecule has 0 saturated heterocycles. The molecule has 0 N–H and O–H groups in total. The Morgan fingerprint density at radius 3 is 2.03 bits per heavy atom. The van der Waals surface area contributed by atoms with Gasteiger partial charge in [0.15, 0.2) is 0 Å². The van der Waals surface area contributed by atoms with Crippen LogP contribution < -0.4 is 9.47 Å². The number of hydrogen-bond donors (Lipinski definition) is 0. The van der Waals surface area contributed by atoms with E-state index in [9.17, 15) is 4.79 Å². The minimum absolute atomic E-state index is 0.343. The predicted molar refractivity (Wildman–Crippen MR) is 143 cm³/mol. The van der Waals surface area contributed by atoms with Crippen LogP contribution in [0, 0.1) is 0 Å². The quantitative estimate of drug-likeness (QED) is 0.126. The largest absolute Gasteiger partial charge is 0.492 e. The fourth-order valence-corrected chi connectivity index (χ4v) is 3.96. The third-order valence-corrected chi connectivity index (χ3v) is 6.12. The number of ether oxygens (including phenoxy) is 2. The smallest absolute Gasteiger partial charge is 0.343 e. The van der Waals surface area contributed by atoms with Crippen molar-refractivity contribution in [1.29, 1.82) is 0 Å². The summed E-state index contributed by atoms with van der Waals surface area (Å²) in [6.07, 6.45) is 13.9. The Kier molecular flexibility index (Phi) is 11.3. The lowest BCUT2D eigenvalue weighted by atomic mass is 10.0. The molecule has 0 atom stereocenters. The molecule has 0 bridgehead atoms. The van der Waals surface area contributed by atoms with Gasteiger partial charge in [0.2, 0.25) is 0 Å². The number of benzene rings is 2. The number of carbonyl (C=O) groups excluding carboxylic acids is 1. The molecule has 35 heavy (non-hydrogen) atoms. The summed E-state index contributed by atoms with van der Waals surface area (Å²) in [6.45, 7) is 5.17. The van der Waals surface area contributed by atoms with Gasteiger partial charge in [-0.2, -0.15) is 0 Å². The number of rotatable bonds is 15. The SMILES string of the molecule is CCCCCCCOc1ccc(-c2ccc(OC(=O)c3ccc(CCCCCC)cc3)cc2)nc1. The van der Waals surface area contributed by atoms with Crippen LogP contribution in [0.15, 0.2) is 66.9 Å².